The van der Waals surface area contributed by atoms with Crippen LogP contribution in [0.2, 0.25) is 0 Å². The van der Waals surface area contributed by atoms with Crippen LogP contribution >= 0.6 is 0 Å². The molecule has 0 fully saturated rings. The van der Waals surface area contributed by atoms with Gasteiger partial charge in [-0.1, -0.05) is 42.5 Å². The van der Waals surface area contributed by atoms with Crippen molar-refractivity contribution in [3.63, 3.8) is 0 Å². The van der Waals surface area contributed by atoms with E-state index in [2.05, 4.69) is 32.7 Å². The first-order chi connectivity index (χ1) is 13.6. The van der Waals surface area contributed by atoms with E-state index in [1.54, 1.807) is 30.3 Å². The van der Waals surface area contributed by atoms with Crippen LogP contribution in [0.1, 0.15) is 39.8 Å². The molecule has 3 aromatic rings. The van der Waals surface area contributed by atoms with Gasteiger partial charge in [-0.25, -0.2) is 9.97 Å². The summed E-state index contributed by atoms with van der Waals surface area (Å²) in [6.45, 7) is 2.23. The van der Waals surface area contributed by atoms with Crippen LogP contribution in [0.5, 0.6) is 0 Å². The number of carbonyl (C=O) groups excluding carboxylic acids is 2. The van der Waals surface area contributed by atoms with E-state index in [1.807, 2.05) is 18.2 Å². The van der Waals surface area contributed by atoms with Gasteiger partial charge in [0.05, 0.1) is 0 Å². The van der Waals surface area contributed by atoms with Crippen molar-refractivity contribution in [2.75, 3.05) is 17.2 Å². The zero-order valence-electron chi connectivity index (χ0n) is 15.7. The number of hydrogen-bond acceptors (Lipinski definition) is 5. The normalized spacial score (nSPS) is 10.3. The summed E-state index contributed by atoms with van der Waals surface area (Å²) < 4.78 is 0. The highest BCUT2D eigenvalue weighted by Gasteiger charge is 2.10. The van der Waals surface area contributed by atoms with Gasteiger partial charge in [0, 0.05) is 23.9 Å². The Labute approximate surface area is 164 Å². The van der Waals surface area contributed by atoms with Gasteiger partial charge in [0.2, 0.25) is 0 Å². The number of carbonyl (C=O) groups is 2. The number of Topliss-reactive ketones (excluding diaryl/α,β-unsaturated/α-hetero) is 1. The topological polar surface area (TPSA) is 84.0 Å². The Bertz CT molecular complexity index is 958. The van der Waals surface area contributed by atoms with Crippen molar-refractivity contribution in [3.05, 3.63) is 83.8 Å². The molecular formula is C22H22N4O2. The van der Waals surface area contributed by atoms with Crippen molar-refractivity contribution in [2.24, 2.45) is 0 Å². The first-order valence-corrected chi connectivity index (χ1v) is 9.14. The summed E-state index contributed by atoms with van der Waals surface area (Å²) in [4.78, 5) is 32.1. The van der Waals surface area contributed by atoms with Gasteiger partial charge in [-0.05, 0) is 37.5 Å². The lowest BCUT2D eigenvalue weighted by atomic mass is 10.1. The molecule has 0 saturated carbocycles. The quantitative estimate of drug-likeness (QED) is 0.460. The molecule has 0 unspecified atom stereocenters. The molecule has 3 rings (SSSR count). The average molecular weight is 374 g/mol. The zero-order valence-corrected chi connectivity index (χ0v) is 15.7. The molecule has 0 spiro atoms. The van der Waals surface area contributed by atoms with Crippen LogP contribution in [-0.2, 0) is 6.42 Å². The molecule has 0 radical (unpaired) electrons. The smallest absolute Gasteiger partial charge is 0.274 e. The van der Waals surface area contributed by atoms with Crippen molar-refractivity contribution in [1.29, 1.82) is 0 Å². The van der Waals surface area contributed by atoms with Crippen molar-refractivity contribution in [2.45, 2.75) is 19.8 Å². The van der Waals surface area contributed by atoms with E-state index in [9.17, 15) is 9.59 Å². The van der Waals surface area contributed by atoms with Gasteiger partial charge < -0.3 is 10.6 Å². The third-order valence-corrected chi connectivity index (χ3v) is 4.22. The zero-order chi connectivity index (χ0) is 19.8. The van der Waals surface area contributed by atoms with E-state index in [1.165, 1.54) is 18.8 Å². The van der Waals surface area contributed by atoms with E-state index < -0.39 is 0 Å². The van der Waals surface area contributed by atoms with Gasteiger partial charge in [0.25, 0.3) is 5.91 Å². The number of amides is 1. The monoisotopic (exact) mass is 374 g/mol. The summed E-state index contributed by atoms with van der Waals surface area (Å²) in [6, 6.07) is 18.7. The van der Waals surface area contributed by atoms with E-state index in [-0.39, 0.29) is 17.4 Å². The van der Waals surface area contributed by atoms with E-state index in [4.69, 9.17) is 0 Å². The lowest BCUT2D eigenvalue weighted by Crippen LogP contribution is -2.15. The fraction of sp³-hybridized carbons (Fsp3) is 0.182. The largest absolute Gasteiger partial charge is 0.370 e. The van der Waals surface area contributed by atoms with Crippen molar-refractivity contribution < 1.29 is 9.59 Å². The van der Waals surface area contributed by atoms with Crippen LogP contribution in [0.25, 0.3) is 0 Å². The Morgan fingerprint density at radius 3 is 2.57 bits per heavy atom. The molecule has 0 atom stereocenters. The number of anilines is 2. The molecule has 28 heavy (non-hydrogen) atoms. The lowest BCUT2D eigenvalue weighted by Gasteiger charge is -2.08. The Balaban J connectivity index is 1.55. The summed E-state index contributed by atoms with van der Waals surface area (Å²) in [6.07, 6.45) is 3.28. The minimum absolute atomic E-state index is 0.0554. The fourth-order valence-corrected chi connectivity index (χ4v) is 2.74. The molecule has 0 aliphatic carbocycles. The van der Waals surface area contributed by atoms with Crippen LogP contribution in [0.3, 0.4) is 0 Å². The molecule has 6 heteroatoms. The van der Waals surface area contributed by atoms with Gasteiger partial charge in [-0.2, -0.15) is 0 Å². The molecule has 0 aliphatic heterocycles. The number of nitrogens with zero attached hydrogens (tertiary/aromatic N) is 2. The summed E-state index contributed by atoms with van der Waals surface area (Å²) in [7, 11) is 0. The van der Waals surface area contributed by atoms with Gasteiger partial charge >= 0.3 is 0 Å². The van der Waals surface area contributed by atoms with Gasteiger partial charge in [0.15, 0.2) is 5.78 Å². The molecule has 1 amide bonds. The number of hydrogen-bond donors (Lipinski definition) is 2. The van der Waals surface area contributed by atoms with Crippen LogP contribution in [-0.4, -0.2) is 28.2 Å². The summed E-state index contributed by atoms with van der Waals surface area (Å²) in [5.74, 6) is 0.196. The number of rotatable bonds is 8. The number of aromatic nitrogens is 2. The lowest BCUT2D eigenvalue weighted by molar-refractivity contribution is 0.100. The second kappa shape index (κ2) is 9.41. The van der Waals surface area contributed by atoms with Gasteiger partial charge in [-0.15, -0.1) is 0 Å². The molecule has 0 bridgehead atoms. The molecular weight excluding hydrogens is 352 g/mol. The number of nitrogens with one attached hydrogen (secondary N) is 2. The molecule has 2 N–H and O–H groups in total. The summed E-state index contributed by atoms with van der Waals surface area (Å²) in [5.41, 5.74) is 2.64. The second-order valence-electron chi connectivity index (χ2n) is 6.40. The fourth-order valence-electron chi connectivity index (χ4n) is 2.74. The van der Waals surface area contributed by atoms with Crippen LogP contribution in [0.4, 0.5) is 11.5 Å². The average Bonchev–Trinajstić information content (AvgIpc) is 2.72. The van der Waals surface area contributed by atoms with E-state index in [0.29, 0.717) is 17.1 Å². The minimum Gasteiger partial charge on any atom is -0.370 e. The Kier molecular flexibility index (Phi) is 6.46. The van der Waals surface area contributed by atoms with Crippen LogP contribution < -0.4 is 10.6 Å². The molecule has 6 nitrogen and oxygen atoms in total. The molecule has 1 aromatic heterocycles. The maximum atomic E-state index is 12.4. The SMILES string of the molecule is CC(=O)c1cccc(NC(=O)c2cc(NCCCc3ccccc3)ncn2)c1. The van der Waals surface area contributed by atoms with Crippen LogP contribution in [0.15, 0.2) is 67.0 Å². The number of aryl methyl sites for hydroxylation is 1. The molecule has 1 heterocycles. The minimum atomic E-state index is -0.351. The van der Waals surface area contributed by atoms with E-state index >= 15 is 0 Å². The Hall–Kier alpha value is -3.54. The van der Waals surface area contributed by atoms with E-state index in [0.717, 1.165) is 19.4 Å². The number of benzene rings is 2. The van der Waals surface area contributed by atoms with Crippen molar-refractivity contribution in [3.8, 4) is 0 Å². The van der Waals surface area contributed by atoms with Gasteiger partial charge in [-0.3, -0.25) is 9.59 Å². The van der Waals surface area contributed by atoms with Crippen molar-refractivity contribution >= 4 is 23.2 Å². The third-order valence-electron chi connectivity index (χ3n) is 4.22. The summed E-state index contributed by atoms with van der Waals surface area (Å²) >= 11 is 0. The second-order valence-corrected chi connectivity index (χ2v) is 6.40. The molecule has 0 saturated heterocycles. The maximum absolute atomic E-state index is 12.4. The highest BCUT2D eigenvalue weighted by molar-refractivity contribution is 6.04. The Morgan fingerprint density at radius 1 is 0.964 bits per heavy atom. The molecule has 2 aromatic carbocycles. The highest BCUT2D eigenvalue weighted by Crippen LogP contribution is 2.13. The predicted octanol–water partition coefficient (Wildman–Crippen LogP) is 3.98. The maximum Gasteiger partial charge on any atom is 0.274 e. The van der Waals surface area contributed by atoms with Crippen LogP contribution in [0, 0.1) is 0 Å². The predicted molar refractivity (Wildman–Crippen MR) is 110 cm³/mol. The first-order valence-electron chi connectivity index (χ1n) is 9.14. The Morgan fingerprint density at radius 2 is 1.79 bits per heavy atom. The third kappa shape index (κ3) is 5.48. The first kappa shape index (κ1) is 19.2. The highest BCUT2D eigenvalue weighted by atomic mass is 16.2. The summed E-state index contributed by atoms with van der Waals surface area (Å²) in [5, 5.41) is 5.98. The van der Waals surface area contributed by atoms with Crippen molar-refractivity contribution in [1.82, 2.24) is 9.97 Å². The standard InChI is InChI=1S/C22H22N4O2/c1-16(27)18-10-5-11-19(13-18)26-22(28)20-14-21(25-15-24-20)23-12-6-9-17-7-3-2-4-8-17/h2-5,7-8,10-11,13-15H,6,9,12H2,1H3,(H,26,28)(H,23,24,25). The molecule has 142 valence electrons. The van der Waals surface area contributed by atoms with Gasteiger partial charge in [0.1, 0.15) is 17.8 Å². The number of ketones is 1. The molecule has 0 aliphatic rings.